The van der Waals surface area contributed by atoms with Crippen molar-refractivity contribution in [1.29, 1.82) is 0 Å². The number of aryl methyl sites for hydroxylation is 1. The molecule has 1 saturated carbocycles. The van der Waals surface area contributed by atoms with Crippen LogP contribution in [0, 0.1) is 12.8 Å². The Bertz CT molecular complexity index is 462. The maximum atomic E-state index is 11.5. The number of nitrogens with two attached hydrogens (primary N) is 1. The van der Waals surface area contributed by atoms with Gasteiger partial charge in [-0.1, -0.05) is 6.42 Å². The van der Waals surface area contributed by atoms with E-state index in [1.807, 2.05) is 13.0 Å². The molecule has 0 bridgehead atoms. The number of pyridine rings is 1. The minimum Gasteiger partial charge on any atom is -0.465 e. The number of methoxy groups -OCH3 is 1. The standard InChI is InChI=1S/C14H21N3O2/c1-9-11(14(18)19-2)6-7-13(16-9)17-12-5-3-4-10(12)8-15/h6-7,10,12H,3-5,8,15H2,1-2H3,(H,16,17). The number of ether oxygens (including phenoxy) is 1. The zero-order valence-corrected chi connectivity index (χ0v) is 11.5. The van der Waals surface area contributed by atoms with Crippen molar-refractivity contribution >= 4 is 11.8 Å². The first-order valence-electron chi connectivity index (χ1n) is 6.68. The van der Waals surface area contributed by atoms with Gasteiger partial charge in [-0.15, -0.1) is 0 Å². The average Bonchev–Trinajstić information content (AvgIpc) is 2.85. The number of esters is 1. The van der Waals surface area contributed by atoms with Crippen molar-refractivity contribution in [2.24, 2.45) is 11.7 Å². The molecule has 2 atom stereocenters. The Balaban J connectivity index is 2.10. The van der Waals surface area contributed by atoms with Crippen molar-refractivity contribution in [2.75, 3.05) is 19.0 Å². The van der Waals surface area contributed by atoms with E-state index in [0.717, 1.165) is 12.2 Å². The maximum Gasteiger partial charge on any atom is 0.339 e. The predicted molar refractivity (Wildman–Crippen MR) is 74.1 cm³/mol. The Morgan fingerprint density at radius 1 is 1.53 bits per heavy atom. The summed E-state index contributed by atoms with van der Waals surface area (Å²) >= 11 is 0. The average molecular weight is 263 g/mol. The van der Waals surface area contributed by atoms with Gasteiger partial charge in [0.15, 0.2) is 0 Å². The van der Waals surface area contributed by atoms with Crippen molar-refractivity contribution in [2.45, 2.75) is 32.2 Å². The third kappa shape index (κ3) is 3.04. The quantitative estimate of drug-likeness (QED) is 0.809. The van der Waals surface area contributed by atoms with Crippen LogP contribution in [0.25, 0.3) is 0 Å². The summed E-state index contributed by atoms with van der Waals surface area (Å²) in [5, 5.41) is 3.42. The van der Waals surface area contributed by atoms with E-state index in [1.165, 1.54) is 20.0 Å². The lowest BCUT2D eigenvalue weighted by Gasteiger charge is -2.20. The molecule has 2 unspecified atom stereocenters. The van der Waals surface area contributed by atoms with Crippen LogP contribution in [0.15, 0.2) is 12.1 Å². The number of aromatic nitrogens is 1. The van der Waals surface area contributed by atoms with E-state index in [0.29, 0.717) is 29.8 Å². The lowest BCUT2D eigenvalue weighted by molar-refractivity contribution is 0.0599. The van der Waals surface area contributed by atoms with Crippen molar-refractivity contribution in [3.63, 3.8) is 0 Å². The first-order valence-corrected chi connectivity index (χ1v) is 6.68. The summed E-state index contributed by atoms with van der Waals surface area (Å²) in [6.07, 6.45) is 3.51. The molecule has 1 aromatic rings. The van der Waals surface area contributed by atoms with Crippen LogP contribution in [-0.4, -0.2) is 30.6 Å². The number of nitrogens with zero attached hydrogens (tertiary/aromatic N) is 1. The molecule has 104 valence electrons. The van der Waals surface area contributed by atoms with Gasteiger partial charge in [-0.2, -0.15) is 0 Å². The highest BCUT2D eigenvalue weighted by atomic mass is 16.5. The summed E-state index contributed by atoms with van der Waals surface area (Å²) < 4.78 is 4.71. The van der Waals surface area contributed by atoms with Gasteiger partial charge in [-0.05, 0) is 44.4 Å². The lowest BCUT2D eigenvalue weighted by atomic mass is 10.0. The van der Waals surface area contributed by atoms with Crippen LogP contribution in [0.2, 0.25) is 0 Å². The van der Waals surface area contributed by atoms with Gasteiger partial charge in [0.25, 0.3) is 0 Å². The van der Waals surface area contributed by atoms with Crippen molar-refractivity contribution in [1.82, 2.24) is 4.98 Å². The van der Waals surface area contributed by atoms with Crippen LogP contribution in [0.1, 0.15) is 35.3 Å². The Hall–Kier alpha value is -1.62. The largest absolute Gasteiger partial charge is 0.465 e. The van der Waals surface area contributed by atoms with E-state index >= 15 is 0 Å². The van der Waals surface area contributed by atoms with Gasteiger partial charge in [-0.25, -0.2) is 9.78 Å². The molecule has 0 aliphatic heterocycles. The van der Waals surface area contributed by atoms with E-state index in [2.05, 4.69) is 10.3 Å². The predicted octanol–water partition coefficient (Wildman–Crippen LogP) is 1.72. The molecule has 1 aliphatic rings. The van der Waals surface area contributed by atoms with Crippen molar-refractivity contribution < 1.29 is 9.53 Å². The van der Waals surface area contributed by atoms with Crippen LogP contribution in [0.4, 0.5) is 5.82 Å². The number of carbonyl (C=O) groups is 1. The summed E-state index contributed by atoms with van der Waals surface area (Å²) in [5.41, 5.74) is 6.96. The molecule has 0 amide bonds. The molecule has 3 N–H and O–H groups in total. The van der Waals surface area contributed by atoms with Crippen LogP contribution in [0.3, 0.4) is 0 Å². The van der Waals surface area contributed by atoms with Crippen LogP contribution in [0.5, 0.6) is 0 Å². The van der Waals surface area contributed by atoms with Crippen LogP contribution < -0.4 is 11.1 Å². The van der Waals surface area contributed by atoms with E-state index in [-0.39, 0.29) is 5.97 Å². The second kappa shape index (κ2) is 6.02. The molecule has 5 nitrogen and oxygen atoms in total. The smallest absolute Gasteiger partial charge is 0.339 e. The summed E-state index contributed by atoms with van der Waals surface area (Å²) in [6, 6.07) is 3.97. The van der Waals surface area contributed by atoms with Gasteiger partial charge in [-0.3, -0.25) is 0 Å². The SMILES string of the molecule is COC(=O)c1ccc(NC2CCCC2CN)nc1C. The first kappa shape index (κ1) is 13.8. The molecule has 19 heavy (non-hydrogen) atoms. The zero-order chi connectivity index (χ0) is 13.8. The Labute approximate surface area is 113 Å². The Morgan fingerprint density at radius 2 is 2.32 bits per heavy atom. The molecular weight excluding hydrogens is 242 g/mol. The fourth-order valence-electron chi connectivity index (χ4n) is 2.67. The van der Waals surface area contributed by atoms with Gasteiger partial charge in [0.1, 0.15) is 5.82 Å². The second-order valence-electron chi connectivity index (χ2n) is 5.00. The number of anilines is 1. The van der Waals surface area contributed by atoms with Crippen LogP contribution >= 0.6 is 0 Å². The van der Waals surface area contributed by atoms with Gasteiger partial charge < -0.3 is 15.8 Å². The molecule has 1 aromatic heterocycles. The fourth-order valence-corrected chi connectivity index (χ4v) is 2.67. The van der Waals surface area contributed by atoms with Gasteiger partial charge in [0.2, 0.25) is 0 Å². The number of carbonyl (C=O) groups excluding carboxylic acids is 1. The highest BCUT2D eigenvalue weighted by molar-refractivity contribution is 5.90. The van der Waals surface area contributed by atoms with E-state index < -0.39 is 0 Å². The topological polar surface area (TPSA) is 77.2 Å². The minimum atomic E-state index is -0.350. The van der Waals surface area contributed by atoms with Crippen LogP contribution in [-0.2, 0) is 4.74 Å². The number of hydrogen-bond donors (Lipinski definition) is 2. The molecular formula is C14H21N3O2. The third-order valence-electron chi connectivity index (χ3n) is 3.79. The molecule has 0 aromatic carbocycles. The highest BCUT2D eigenvalue weighted by Crippen LogP contribution is 2.27. The minimum absolute atomic E-state index is 0.350. The summed E-state index contributed by atoms with van der Waals surface area (Å²) in [7, 11) is 1.37. The molecule has 1 fully saturated rings. The monoisotopic (exact) mass is 263 g/mol. The summed E-state index contributed by atoms with van der Waals surface area (Å²) in [5.74, 6) is 0.968. The molecule has 0 spiro atoms. The summed E-state index contributed by atoms with van der Waals surface area (Å²) in [4.78, 5) is 15.9. The van der Waals surface area contributed by atoms with E-state index in [1.54, 1.807) is 6.07 Å². The normalized spacial score (nSPS) is 22.3. The van der Waals surface area contributed by atoms with E-state index in [4.69, 9.17) is 10.5 Å². The van der Waals surface area contributed by atoms with Gasteiger partial charge in [0, 0.05) is 6.04 Å². The van der Waals surface area contributed by atoms with Crippen molar-refractivity contribution in [3.05, 3.63) is 23.4 Å². The number of nitrogens with one attached hydrogen (secondary N) is 1. The highest BCUT2D eigenvalue weighted by Gasteiger charge is 2.26. The zero-order valence-electron chi connectivity index (χ0n) is 11.5. The molecule has 1 heterocycles. The molecule has 0 saturated heterocycles. The third-order valence-corrected chi connectivity index (χ3v) is 3.79. The fraction of sp³-hybridized carbons (Fsp3) is 0.571. The summed E-state index contributed by atoms with van der Waals surface area (Å²) in [6.45, 7) is 2.52. The number of hydrogen-bond acceptors (Lipinski definition) is 5. The van der Waals surface area contributed by atoms with Gasteiger partial charge in [0.05, 0.1) is 18.4 Å². The molecule has 5 heteroatoms. The van der Waals surface area contributed by atoms with Crippen molar-refractivity contribution in [3.8, 4) is 0 Å². The Morgan fingerprint density at radius 3 is 2.95 bits per heavy atom. The first-order chi connectivity index (χ1) is 9.15. The Kier molecular flexibility index (Phi) is 4.37. The molecule has 1 aliphatic carbocycles. The van der Waals surface area contributed by atoms with Gasteiger partial charge >= 0.3 is 5.97 Å². The second-order valence-corrected chi connectivity index (χ2v) is 5.00. The van der Waals surface area contributed by atoms with E-state index in [9.17, 15) is 4.79 Å². The maximum absolute atomic E-state index is 11.5. The molecule has 2 rings (SSSR count). The number of rotatable bonds is 4. The molecule has 0 radical (unpaired) electrons. The lowest BCUT2D eigenvalue weighted by Crippen LogP contribution is -2.29.